The van der Waals surface area contributed by atoms with Crippen molar-refractivity contribution in [3.63, 3.8) is 0 Å². The minimum Gasteiger partial charge on any atom is -0.395 e. The number of aliphatic hydroxyl groups is 2. The van der Waals surface area contributed by atoms with Gasteiger partial charge in [0, 0.05) is 35.6 Å². The van der Waals surface area contributed by atoms with Crippen molar-refractivity contribution >= 4 is 33.7 Å². The molecule has 2 heterocycles. The molecule has 4 N–H and O–H groups in total. The molecule has 0 spiro atoms. The van der Waals surface area contributed by atoms with E-state index in [1.54, 1.807) is 30.6 Å². The smallest absolute Gasteiger partial charge is 0.248 e. The summed E-state index contributed by atoms with van der Waals surface area (Å²) in [6.45, 7) is 0.753. The van der Waals surface area contributed by atoms with Crippen molar-refractivity contribution in [2.24, 2.45) is 5.73 Å². The zero-order chi connectivity index (χ0) is 29.2. The minimum absolute atomic E-state index is 0.0269. The molecule has 4 aromatic carbocycles. The number of rotatable bonds is 9. The van der Waals surface area contributed by atoms with Crippen molar-refractivity contribution in [2.45, 2.75) is 0 Å². The zero-order valence-corrected chi connectivity index (χ0v) is 22.6. The molecule has 0 saturated carbocycles. The lowest BCUT2D eigenvalue weighted by atomic mass is 10.1. The molecule has 1 amide bonds. The van der Waals surface area contributed by atoms with E-state index in [1.807, 2.05) is 74.7 Å². The number of para-hydroxylation sites is 1. The van der Waals surface area contributed by atoms with Gasteiger partial charge in [-0.3, -0.25) is 13.9 Å². The number of nitrogens with two attached hydrogens (primary N) is 1. The summed E-state index contributed by atoms with van der Waals surface area (Å²) in [6, 6.07) is 28.4. The molecular weight excluding hydrogens is 530 g/mol. The molecule has 0 unspecified atom stereocenters. The maximum absolute atomic E-state index is 11.8. The fourth-order valence-corrected chi connectivity index (χ4v) is 5.22. The first-order valence-corrected chi connectivity index (χ1v) is 13.4. The Labute approximate surface area is 241 Å². The molecule has 2 aromatic heterocycles. The average molecular weight is 558 g/mol. The highest BCUT2D eigenvalue weighted by molar-refractivity contribution is 5.96. The molecule has 0 aliphatic heterocycles. The Morgan fingerprint density at radius 3 is 2.38 bits per heavy atom. The second-order valence-corrected chi connectivity index (χ2v) is 9.74. The summed E-state index contributed by atoms with van der Waals surface area (Å²) >= 11 is 0. The Hall–Kier alpha value is -5.50. The molecule has 0 bridgehead atoms. The molecule has 0 atom stereocenters. The number of anilines is 1. The number of benzene rings is 4. The number of carbonyl (C=O) groups is 1. The number of hydrogen-bond acceptors (Lipinski definition) is 7. The van der Waals surface area contributed by atoms with Crippen molar-refractivity contribution in [3.8, 4) is 28.8 Å². The van der Waals surface area contributed by atoms with Crippen LogP contribution in [0, 0.1) is 11.3 Å². The van der Waals surface area contributed by atoms with E-state index in [4.69, 9.17) is 10.7 Å². The summed E-state index contributed by atoms with van der Waals surface area (Å²) in [5, 5.41) is 28.8. The minimum atomic E-state index is -0.512. The largest absolute Gasteiger partial charge is 0.395 e. The molecule has 6 aromatic rings. The van der Waals surface area contributed by atoms with Crippen LogP contribution in [-0.2, 0) is 0 Å². The summed E-state index contributed by atoms with van der Waals surface area (Å²) in [4.78, 5) is 23.2. The van der Waals surface area contributed by atoms with Gasteiger partial charge in [-0.2, -0.15) is 5.26 Å². The molecule has 0 aliphatic carbocycles. The monoisotopic (exact) mass is 557 g/mol. The number of carbonyl (C=O) groups excluding carboxylic acids is 1. The van der Waals surface area contributed by atoms with Crippen LogP contribution in [-0.4, -0.2) is 61.5 Å². The average Bonchev–Trinajstić information content (AvgIpc) is 3.62. The van der Waals surface area contributed by atoms with Crippen molar-refractivity contribution in [3.05, 3.63) is 102 Å². The Kier molecular flexibility index (Phi) is 7.10. The third kappa shape index (κ3) is 4.73. The van der Waals surface area contributed by atoms with Gasteiger partial charge >= 0.3 is 0 Å². The number of hydrogen-bond donors (Lipinski definition) is 3. The number of aliphatic hydroxyl groups excluding tert-OH is 2. The summed E-state index contributed by atoms with van der Waals surface area (Å²) in [7, 11) is 0. The van der Waals surface area contributed by atoms with E-state index in [0.717, 1.165) is 33.5 Å². The third-order valence-corrected chi connectivity index (χ3v) is 7.24. The fraction of sp³-hybridized carbons (Fsp3) is 0.125. The van der Waals surface area contributed by atoms with Gasteiger partial charge in [-0.25, -0.2) is 9.97 Å². The Morgan fingerprint density at radius 1 is 0.905 bits per heavy atom. The van der Waals surface area contributed by atoms with Crippen molar-refractivity contribution in [2.75, 3.05) is 31.2 Å². The van der Waals surface area contributed by atoms with E-state index in [0.29, 0.717) is 41.2 Å². The number of fused-ring (bicyclic) bond motifs is 2. The molecule has 10 nitrogen and oxygen atoms in total. The lowest BCUT2D eigenvalue weighted by molar-refractivity contribution is 0.100. The number of amides is 1. The Bertz CT molecular complexity index is 1960. The molecule has 0 radical (unpaired) electrons. The summed E-state index contributed by atoms with van der Waals surface area (Å²) in [5.74, 6) is 0.139. The number of primary amides is 1. The fourth-order valence-electron chi connectivity index (χ4n) is 5.22. The zero-order valence-electron chi connectivity index (χ0n) is 22.6. The molecule has 42 heavy (non-hydrogen) atoms. The summed E-state index contributed by atoms with van der Waals surface area (Å²) in [6.07, 6.45) is 1.70. The first kappa shape index (κ1) is 26.7. The number of imidazole rings is 2. The SMILES string of the molecule is N#Cc1ccccc1-n1c(-c2ccc(N(CCO)CCO)cc2)nc2cc(-n3cnc4ccc(C(N)=O)cc43)ccc21. The lowest BCUT2D eigenvalue weighted by Crippen LogP contribution is -2.29. The lowest BCUT2D eigenvalue weighted by Gasteiger charge is -2.23. The predicted octanol–water partition coefficient (Wildman–Crippen LogP) is 3.79. The highest BCUT2D eigenvalue weighted by Gasteiger charge is 2.19. The van der Waals surface area contributed by atoms with Crippen LogP contribution in [0.25, 0.3) is 44.8 Å². The van der Waals surface area contributed by atoms with Gasteiger partial charge in [0.25, 0.3) is 0 Å². The number of nitriles is 1. The molecule has 0 fully saturated rings. The van der Waals surface area contributed by atoms with Crippen LogP contribution in [0.5, 0.6) is 0 Å². The van der Waals surface area contributed by atoms with E-state index < -0.39 is 5.91 Å². The number of nitrogens with zero attached hydrogens (tertiary/aromatic N) is 6. The van der Waals surface area contributed by atoms with Crippen LogP contribution >= 0.6 is 0 Å². The Balaban J connectivity index is 1.52. The van der Waals surface area contributed by atoms with Crippen molar-refractivity contribution in [1.29, 1.82) is 5.26 Å². The van der Waals surface area contributed by atoms with Gasteiger partial charge in [0.05, 0.1) is 46.5 Å². The van der Waals surface area contributed by atoms with E-state index in [9.17, 15) is 20.3 Å². The maximum Gasteiger partial charge on any atom is 0.248 e. The van der Waals surface area contributed by atoms with E-state index in [-0.39, 0.29) is 13.2 Å². The van der Waals surface area contributed by atoms with E-state index in [1.165, 1.54) is 0 Å². The molecule has 0 saturated heterocycles. The standard InChI is InChI=1S/C32H27N7O3/c33-19-23-3-1-2-4-28(23)39-29-12-10-25(38-20-35-26-11-7-22(31(34)42)17-30(26)38)18-27(29)36-32(39)21-5-8-24(9-6-21)37(13-15-40)14-16-41/h1-12,17-18,20,40-41H,13-16H2,(H2,34,42). The van der Waals surface area contributed by atoms with Gasteiger partial charge in [0.15, 0.2) is 0 Å². The van der Waals surface area contributed by atoms with Crippen LogP contribution in [0.4, 0.5) is 5.69 Å². The molecular formula is C32H27N7O3. The topological polar surface area (TPSA) is 146 Å². The van der Waals surface area contributed by atoms with Gasteiger partial charge in [0.1, 0.15) is 18.2 Å². The molecule has 208 valence electrons. The summed E-state index contributed by atoms with van der Waals surface area (Å²) in [5.41, 5.74) is 12.6. The van der Waals surface area contributed by atoms with Gasteiger partial charge in [-0.1, -0.05) is 12.1 Å². The van der Waals surface area contributed by atoms with Gasteiger partial charge < -0.3 is 20.8 Å². The Morgan fingerprint density at radius 2 is 1.67 bits per heavy atom. The van der Waals surface area contributed by atoms with Crippen LogP contribution < -0.4 is 10.6 Å². The molecule has 0 aliphatic rings. The van der Waals surface area contributed by atoms with Crippen LogP contribution in [0.2, 0.25) is 0 Å². The highest BCUT2D eigenvalue weighted by Crippen LogP contribution is 2.33. The normalized spacial score (nSPS) is 11.2. The maximum atomic E-state index is 11.8. The second kappa shape index (κ2) is 11.2. The van der Waals surface area contributed by atoms with E-state index in [2.05, 4.69) is 11.1 Å². The predicted molar refractivity (Wildman–Crippen MR) is 161 cm³/mol. The van der Waals surface area contributed by atoms with Crippen LogP contribution in [0.1, 0.15) is 15.9 Å². The van der Waals surface area contributed by atoms with Crippen molar-refractivity contribution < 1.29 is 15.0 Å². The van der Waals surface area contributed by atoms with E-state index >= 15 is 0 Å². The third-order valence-electron chi connectivity index (χ3n) is 7.24. The quantitative estimate of drug-likeness (QED) is 0.245. The van der Waals surface area contributed by atoms with Gasteiger partial charge in [-0.15, -0.1) is 0 Å². The van der Waals surface area contributed by atoms with Gasteiger partial charge in [0.2, 0.25) is 5.91 Å². The van der Waals surface area contributed by atoms with Crippen LogP contribution in [0.15, 0.2) is 91.3 Å². The molecule has 10 heteroatoms. The van der Waals surface area contributed by atoms with Crippen LogP contribution in [0.3, 0.4) is 0 Å². The summed E-state index contributed by atoms with van der Waals surface area (Å²) < 4.78 is 3.86. The highest BCUT2D eigenvalue weighted by atomic mass is 16.3. The molecule has 6 rings (SSSR count). The number of aromatic nitrogens is 4. The van der Waals surface area contributed by atoms with Gasteiger partial charge in [-0.05, 0) is 72.8 Å². The first-order valence-electron chi connectivity index (χ1n) is 13.4. The first-order chi connectivity index (χ1) is 20.5. The van der Waals surface area contributed by atoms with Crippen molar-refractivity contribution in [1.82, 2.24) is 19.1 Å². The second-order valence-electron chi connectivity index (χ2n) is 9.74.